The number of aromatic nitrogens is 1. The van der Waals surface area contributed by atoms with Crippen LogP contribution < -0.4 is 15.5 Å². The van der Waals surface area contributed by atoms with E-state index in [-0.39, 0.29) is 22.8 Å². The SMILES string of the molecule is O=C(NC[C@@H]1C[C@@H]2C=C[C@@H]1C2)c1cc(=O)c(OCc2ccccc2)c[nH]1. The summed E-state index contributed by atoms with van der Waals surface area (Å²) in [5, 5.41) is 2.95. The van der Waals surface area contributed by atoms with Crippen molar-refractivity contribution in [2.24, 2.45) is 17.8 Å². The molecule has 5 heteroatoms. The fourth-order valence-electron chi connectivity index (χ4n) is 3.89. The van der Waals surface area contributed by atoms with Crippen LogP contribution in [0.4, 0.5) is 0 Å². The molecule has 0 radical (unpaired) electrons. The van der Waals surface area contributed by atoms with E-state index in [4.69, 9.17) is 4.74 Å². The maximum Gasteiger partial charge on any atom is 0.267 e. The number of rotatable bonds is 6. The first-order chi connectivity index (χ1) is 12.7. The fraction of sp³-hybridized carbons (Fsp3) is 0.333. The number of hydrogen-bond donors (Lipinski definition) is 2. The number of nitrogens with one attached hydrogen (secondary N) is 2. The maximum absolute atomic E-state index is 12.3. The normalized spacial score (nSPS) is 23.2. The molecule has 3 atom stereocenters. The first-order valence-corrected chi connectivity index (χ1v) is 9.05. The molecule has 1 aromatic heterocycles. The van der Waals surface area contributed by atoms with Gasteiger partial charge in [0.05, 0.1) is 0 Å². The van der Waals surface area contributed by atoms with E-state index in [0.29, 0.717) is 30.9 Å². The smallest absolute Gasteiger partial charge is 0.267 e. The van der Waals surface area contributed by atoms with Gasteiger partial charge < -0.3 is 15.0 Å². The lowest BCUT2D eigenvalue weighted by Crippen LogP contribution is -2.32. The van der Waals surface area contributed by atoms with Crippen molar-refractivity contribution in [2.75, 3.05) is 6.54 Å². The number of ether oxygens (including phenoxy) is 1. The van der Waals surface area contributed by atoms with E-state index in [2.05, 4.69) is 22.5 Å². The zero-order valence-electron chi connectivity index (χ0n) is 14.5. The zero-order valence-corrected chi connectivity index (χ0v) is 14.5. The Bertz CT molecular complexity index is 872. The number of allylic oxidation sites excluding steroid dienone is 2. The van der Waals surface area contributed by atoms with Gasteiger partial charge in [0.1, 0.15) is 12.3 Å². The molecule has 134 valence electrons. The van der Waals surface area contributed by atoms with Crippen molar-refractivity contribution < 1.29 is 9.53 Å². The molecule has 2 aliphatic rings. The Hall–Kier alpha value is -2.82. The van der Waals surface area contributed by atoms with Crippen LogP contribution in [0.5, 0.6) is 5.75 Å². The average Bonchev–Trinajstić information content (AvgIpc) is 3.29. The van der Waals surface area contributed by atoms with Crippen LogP contribution in [0, 0.1) is 17.8 Å². The number of pyridine rings is 1. The summed E-state index contributed by atoms with van der Waals surface area (Å²) in [6.45, 7) is 0.964. The molecule has 0 saturated heterocycles. The van der Waals surface area contributed by atoms with E-state index >= 15 is 0 Å². The van der Waals surface area contributed by atoms with E-state index in [1.54, 1.807) is 0 Å². The molecular weight excluding hydrogens is 328 g/mol. The Morgan fingerprint density at radius 2 is 2.04 bits per heavy atom. The first-order valence-electron chi connectivity index (χ1n) is 9.05. The van der Waals surface area contributed by atoms with Crippen LogP contribution in [-0.4, -0.2) is 17.4 Å². The summed E-state index contributed by atoms with van der Waals surface area (Å²) in [6.07, 6.45) is 8.37. The molecule has 1 saturated carbocycles. The second-order valence-electron chi connectivity index (χ2n) is 7.10. The minimum atomic E-state index is -0.298. The van der Waals surface area contributed by atoms with E-state index in [1.807, 2.05) is 30.3 Å². The summed E-state index contributed by atoms with van der Waals surface area (Å²) >= 11 is 0. The zero-order chi connectivity index (χ0) is 17.9. The molecule has 26 heavy (non-hydrogen) atoms. The minimum Gasteiger partial charge on any atom is -0.483 e. The molecule has 0 unspecified atom stereocenters. The molecule has 2 N–H and O–H groups in total. The summed E-state index contributed by atoms with van der Waals surface area (Å²) in [7, 11) is 0. The van der Waals surface area contributed by atoms with Gasteiger partial charge in [0.2, 0.25) is 5.43 Å². The van der Waals surface area contributed by atoms with Crippen LogP contribution in [0.1, 0.15) is 28.9 Å². The highest BCUT2D eigenvalue weighted by Crippen LogP contribution is 2.42. The number of carbonyl (C=O) groups excluding carboxylic acids is 1. The number of amides is 1. The molecule has 1 amide bonds. The Morgan fingerprint density at radius 3 is 2.73 bits per heavy atom. The molecule has 2 aliphatic carbocycles. The Morgan fingerprint density at radius 1 is 1.19 bits per heavy atom. The lowest BCUT2D eigenvalue weighted by Gasteiger charge is -2.18. The average molecular weight is 350 g/mol. The molecule has 1 aromatic carbocycles. The van der Waals surface area contributed by atoms with Gasteiger partial charge in [-0.15, -0.1) is 0 Å². The van der Waals surface area contributed by atoms with Crippen molar-refractivity contribution in [2.45, 2.75) is 19.4 Å². The van der Waals surface area contributed by atoms with Crippen molar-refractivity contribution in [3.8, 4) is 5.75 Å². The summed E-state index contributed by atoms with van der Waals surface area (Å²) in [4.78, 5) is 27.4. The summed E-state index contributed by atoms with van der Waals surface area (Å²) < 4.78 is 5.55. The van der Waals surface area contributed by atoms with E-state index in [1.165, 1.54) is 18.7 Å². The molecule has 0 spiro atoms. The molecular formula is C21H22N2O3. The highest BCUT2D eigenvalue weighted by atomic mass is 16.5. The van der Waals surface area contributed by atoms with Crippen molar-refractivity contribution in [3.63, 3.8) is 0 Å². The standard InChI is InChI=1S/C21H22N2O3/c24-19-10-18(21(25)23-11-17-9-15-6-7-16(17)8-15)22-12-20(19)26-13-14-4-2-1-3-5-14/h1-7,10,12,15-17H,8-9,11,13H2,(H,22,24)(H,23,25)/t15-,16-,17+/m1/s1. The number of fused-ring (bicyclic) bond motifs is 2. The van der Waals surface area contributed by atoms with E-state index < -0.39 is 0 Å². The molecule has 2 bridgehead atoms. The highest BCUT2D eigenvalue weighted by Gasteiger charge is 2.35. The Balaban J connectivity index is 1.34. The van der Waals surface area contributed by atoms with Gasteiger partial charge in [-0.2, -0.15) is 0 Å². The predicted molar refractivity (Wildman–Crippen MR) is 99.0 cm³/mol. The van der Waals surface area contributed by atoms with Crippen molar-refractivity contribution in [1.29, 1.82) is 0 Å². The summed E-state index contributed by atoms with van der Waals surface area (Å²) in [5.41, 5.74) is 0.946. The van der Waals surface area contributed by atoms with Crippen LogP contribution in [0.15, 0.2) is 59.5 Å². The third kappa shape index (κ3) is 3.57. The number of benzene rings is 1. The number of carbonyl (C=O) groups is 1. The van der Waals surface area contributed by atoms with Crippen LogP contribution in [0.3, 0.4) is 0 Å². The highest BCUT2D eigenvalue weighted by molar-refractivity contribution is 5.92. The van der Waals surface area contributed by atoms with Gasteiger partial charge in [0, 0.05) is 18.8 Å². The second-order valence-corrected chi connectivity index (χ2v) is 7.10. The van der Waals surface area contributed by atoms with E-state index in [9.17, 15) is 9.59 Å². The van der Waals surface area contributed by atoms with Gasteiger partial charge in [-0.25, -0.2) is 0 Å². The van der Waals surface area contributed by atoms with Crippen molar-refractivity contribution in [3.05, 3.63) is 76.2 Å². The lowest BCUT2D eigenvalue weighted by molar-refractivity contribution is 0.0940. The molecule has 5 nitrogen and oxygen atoms in total. The quantitative estimate of drug-likeness (QED) is 0.787. The summed E-state index contributed by atoms with van der Waals surface area (Å²) in [5.74, 6) is 1.75. The van der Waals surface area contributed by atoms with Gasteiger partial charge >= 0.3 is 0 Å². The molecule has 0 aliphatic heterocycles. The Labute approximate surface area is 152 Å². The molecule has 1 fully saturated rings. The number of H-pyrrole nitrogens is 1. The van der Waals surface area contributed by atoms with Crippen LogP contribution in [0.2, 0.25) is 0 Å². The third-order valence-electron chi connectivity index (χ3n) is 5.30. The second kappa shape index (κ2) is 7.20. The van der Waals surface area contributed by atoms with Crippen LogP contribution in [-0.2, 0) is 6.61 Å². The molecule has 2 aromatic rings. The molecule has 4 rings (SSSR count). The number of hydrogen-bond acceptors (Lipinski definition) is 3. The monoisotopic (exact) mass is 350 g/mol. The number of aromatic amines is 1. The van der Waals surface area contributed by atoms with Crippen LogP contribution in [0.25, 0.3) is 0 Å². The maximum atomic E-state index is 12.3. The van der Waals surface area contributed by atoms with Crippen molar-refractivity contribution >= 4 is 5.91 Å². The Kier molecular flexibility index (Phi) is 4.61. The minimum absolute atomic E-state index is 0.212. The topological polar surface area (TPSA) is 71.2 Å². The van der Waals surface area contributed by atoms with Crippen molar-refractivity contribution in [1.82, 2.24) is 10.3 Å². The molecule has 1 heterocycles. The first kappa shape index (κ1) is 16.6. The fourth-order valence-corrected chi connectivity index (χ4v) is 3.89. The van der Waals surface area contributed by atoms with Crippen LogP contribution >= 0.6 is 0 Å². The van der Waals surface area contributed by atoms with Gasteiger partial charge in [0.15, 0.2) is 5.75 Å². The summed E-state index contributed by atoms with van der Waals surface area (Å²) in [6, 6.07) is 10.9. The predicted octanol–water partition coefficient (Wildman–Crippen LogP) is 2.90. The largest absolute Gasteiger partial charge is 0.483 e. The van der Waals surface area contributed by atoms with Gasteiger partial charge in [-0.1, -0.05) is 42.5 Å². The van der Waals surface area contributed by atoms with Gasteiger partial charge in [-0.05, 0) is 36.2 Å². The lowest BCUT2D eigenvalue weighted by atomic mass is 9.93. The van der Waals surface area contributed by atoms with Gasteiger partial charge in [-0.3, -0.25) is 9.59 Å². The third-order valence-corrected chi connectivity index (χ3v) is 5.30. The van der Waals surface area contributed by atoms with Gasteiger partial charge in [0.25, 0.3) is 5.91 Å². The van der Waals surface area contributed by atoms with E-state index in [0.717, 1.165) is 12.0 Å².